The van der Waals surface area contributed by atoms with Gasteiger partial charge in [-0.1, -0.05) is 0 Å². The van der Waals surface area contributed by atoms with Crippen molar-refractivity contribution < 1.29 is 9.53 Å². The molecule has 108 valence electrons. The Kier molecular flexibility index (Phi) is 3.79. The summed E-state index contributed by atoms with van der Waals surface area (Å²) in [6, 6.07) is 7.59. The van der Waals surface area contributed by atoms with Crippen molar-refractivity contribution in [3.63, 3.8) is 0 Å². The van der Waals surface area contributed by atoms with E-state index < -0.39 is 5.91 Å². The lowest BCUT2D eigenvalue weighted by atomic mass is 10.1. The van der Waals surface area contributed by atoms with E-state index in [0.29, 0.717) is 5.69 Å². The predicted molar refractivity (Wildman–Crippen MR) is 77.3 cm³/mol. The highest BCUT2D eigenvalue weighted by Gasteiger charge is 2.21. The number of nitrogens with one attached hydrogen (secondary N) is 1. The fraction of sp³-hybridized carbons (Fsp3) is 0.267. The predicted octanol–water partition coefficient (Wildman–Crippen LogP) is 1.54. The maximum absolute atomic E-state index is 11.4. The van der Waals surface area contributed by atoms with Gasteiger partial charge in [0.15, 0.2) is 0 Å². The number of nitrogens with two attached hydrogens (primary N) is 1. The van der Waals surface area contributed by atoms with E-state index >= 15 is 0 Å². The first-order chi connectivity index (χ1) is 10.3. The summed E-state index contributed by atoms with van der Waals surface area (Å²) in [5.41, 5.74) is 3.71. The molecule has 6 nitrogen and oxygen atoms in total. The minimum absolute atomic E-state index is 0.184. The molecule has 21 heavy (non-hydrogen) atoms. The SMILES string of the molecule is NNC(=O)c1cncc(-c2ccc(OCC3CC3)cc2)n1. The maximum atomic E-state index is 11.4. The lowest BCUT2D eigenvalue weighted by Gasteiger charge is -2.07. The largest absolute Gasteiger partial charge is 0.493 e. The number of carbonyl (C=O) groups is 1. The third-order valence-corrected chi connectivity index (χ3v) is 3.33. The average Bonchev–Trinajstić information content (AvgIpc) is 3.37. The topological polar surface area (TPSA) is 90.1 Å². The van der Waals surface area contributed by atoms with Gasteiger partial charge in [0.1, 0.15) is 11.4 Å². The van der Waals surface area contributed by atoms with E-state index in [9.17, 15) is 4.79 Å². The number of hydrazine groups is 1. The van der Waals surface area contributed by atoms with Gasteiger partial charge in [-0.15, -0.1) is 0 Å². The standard InChI is InChI=1S/C15H16N4O2/c16-19-15(20)14-8-17-7-13(18-14)11-3-5-12(6-4-11)21-9-10-1-2-10/h3-8,10H,1-2,9,16H2,(H,19,20). The molecule has 0 unspecified atom stereocenters. The molecule has 2 aromatic rings. The highest BCUT2D eigenvalue weighted by Crippen LogP contribution is 2.30. The van der Waals surface area contributed by atoms with Crippen LogP contribution in [-0.2, 0) is 0 Å². The zero-order valence-electron chi connectivity index (χ0n) is 11.5. The fourth-order valence-electron chi connectivity index (χ4n) is 1.91. The highest BCUT2D eigenvalue weighted by atomic mass is 16.5. The summed E-state index contributed by atoms with van der Waals surface area (Å²) in [4.78, 5) is 19.7. The van der Waals surface area contributed by atoms with Crippen molar-refractivity contribution in [3.05, 3.63) is 42.4 Å². The summed E-state index contributed by atoms with van der Waals surface area (Å²) in [5.74, 6) is 6.19. The van der Waals surface area contributed by atoms with Crippen molar-refractivity contribution in [2.24, 2.45) is 11.8 Å². The van der Waals surface area contributed by atoms with Crippen LogP contribution in [-0.4, -0.2) is 22.5 Å². The van der Waals surface area contributed by atoms with Crippen molar-refractivity contribution in [2.45, 2.75) is 12.8 Å². The molecular weight excluding hydrogens is 268 g/mol. The Morgan fingerprint density at radius 3 is 2.71 bits per heavy atom. The third kappa shape index (κ3) is 3.35. The molecule has 1 heterocycles. The van der Waals surface area contributed by atoms with Gasteiger partial charge in [-0.25, -0.2) is 10.8 Å². The molecule has 1 aromatic heterocycles. The molecule has 1 amide bonds. The van der Waals surface area contributed by atoms with E-state index in [2.05, 4.69) is 9.97 Å². The van der Waals surface area contributed by atoms with Crippen LogP contribution in [0.25, 0.3) is 11.3 Å². The molecule has 0 atom stereocenters. The van der Waals surface area contributed by atoms with Gasteiger partial charge in [-0.2, -0.15) is 0 Å². The summed E-state index contributed by atoms with van der Waals surface area (Å²) in [7, 11) is 0. The van der Waals surface area contributed by atoms with Crippen molar-refractivity contribution in [1.29, 1.82) is 0 Å². The lowest BCUT2D eigenvalue weighted by molar-refractivity contribution is 0.0948. The minimum atomic E-state index is -0.464. The number of nitrogens with zero attached hydrogens (tertiary/aromatic N) is 2. The number of ether oxygens (including phenoxy) is 1. The molecule has 3 N–H and O–H groups in total. The monoisotopic (exact) mass is 284 g/mol. The van der Waals surface area contributed by atoms with Crippen LogP contribution in [0.4, 0.5) is 0 Å². The molecule has 1 saturated carbocycles. The second-order valence-corrected chi connectivity index (χ2v) is 5.04. The fourth-order valence-corrected chi connectivity index (χ4v) is 1.91. The summed E-state index contributed by atoms with van der Waals surface area (Å²) in [5, 5.41) is 0. The van der Waals surface area contributed by atoms with Crippen LogP contribution >= 0.6 is 0 Å². The molecule has 0 aliphatic heterocycles. The number of aromatic nitrogens is 2. The average molecular weight is 284 g/mol. The van der Waals surface area contributed by atoms with Gasteiger partial charge in [-0.05, 0) is 43.0 Å². The molecule has 3 rings (SSSR count). The molecule has 0 radical (unpaired) electrons. The molecule has 1 aliphatic rings. The quantitative estimate of drug-likeness (QED) is 0.494. The Labute approximate surface area is 122 Å². The molecule has 6 heteroatoms. The first kappa shape index (κ1) is 13.5. The Hall–Kier alpha value is -2.47. The van der Waals surface area contributed by atoms with Crippen LogP contribution in [0, 0.1) is 5.92 Å². The first-order valence-corrected chi connectivity index (χ1v) is 6.82. The van der Waals surface area contributed by atoms with E-state index in [-0.39, 0.29) is 5.69 Å². The Bertz CT molecular complexity index is 638. The minimum Gasteiger partial charge on any atom is -0.493 e. The van der Waals surface area contributed by atoms with Gasteiger partial charge >= 0.3 is 0 Å². The molecule has 0 bridgehead atoms. The van der Waals surface area contributed by atoms with Crippen molar-refractivity contribution in [3.8, 4) is 17.0 Å². The molecule has 0 saturated heterocycles. The van der Waals surface area contributed by atoms with Crippen LogP contribution in [0.3, 0.4) is 0 Å². The van der Waals surface area contributed by atoms with Crippen molar-refractivity contribution in [1.82, 2.24) is 15.4 Å². The first-order valence-electron chi connectivity index (χ1n) is 6.82. The van der Waals surface area contributed by atoms with E-state index in [4.69, 9.17) is 10.6 Å². The summed E-state index contributed by atoms with van der Waals surface area (Å²) in [6.45, 7) is 0.783. The van der Waals surface area contributed by atoms with Crippen LogP contribution in [0.1, 0.15) is 23.3 Å². The van der Waals surface area contributed by atoms with Crippen LogP contribution < -0.4 is 16.0 Å². The van der Waals surface area contributed by atoms with Crippen LogP contribution in [0.2, 0.25) is 0 Å². The van der Waals surface area contributed by atoms with Crippen molar-refractivity contribution >= 4 is 5.91 Å². The number of rotatable bonds is 5. The molecular formula is C15H16N4O2. The third-order valence-electron chi connectivity index (χ3n) is 3.33. The van der Waals surface area contributed by atoms with E-state index in [1.807, 2.05) is 29.7 Å². The molecule has 1 aromatic carbocycles. The summed E-state index contributed by atoms with van der Waals surface area (Å²) < 4.78 is 5.68. The van der Waals surface area contributed by atoms with Crippen molar-refractivity contribution in [2.75, 3.05) is 6.61 Å². The van der Waals surface area contributed by atoms with E-state index in [0.717, 1.165) is 23.8 Å². The Morgan fingerprint density at radius 2 is 2.05 bits per heavy atom. The Morgan fingerprint density at radius 1 is 1.29 bits per heavy atom. The number of benzene rings is 1. The molecule has 0 spiro atoms. The number of amides is 1. The lowest BCUT2D eigenvalue weighted by Crippen LogP contribution is -2.30. The number of hydrogen-bond donors (Lipinski definition) is 2. The van der Waals surface area contributed by atoms with Gasteiger partial charge in [0, 0.05) is 5.56 Å². The molecule has 1 aliphatic carbocycles. The zero-order valence-corrected chi connectivity index (χ0v) is 11.5. The summed E-state index contributed by atoms with van der Waals surface area (Å²) in [6.07, 6.45) is 5.51. The highest BCUT2D eigenvalue weighted by molar-refractivity contribution is 5.91. The second kappa shape index (κ2) is 5.88. The van der Waals surface area contributed by atoms with Gasteiger partial charge in [-0.3, -0.25) is 15.2 Å². The van der Waals surface area contributed by atoms with E-state index in [1.165, 1.54) is 19.0 Å². The smallest absolute Gasteiger partial charge is 0.285 e. The number of nitrogen functional groups attached to an aromatic ring is 1. The zero-order chi connectivity index (χ0) is 14.7. The van der Waals surface area contributed by atoms with Gasteiger partial charge in [0.2, 0.25) is 0 Å². The van der Waals surface area contributed by atoms with Gasteiger partial charge in [0.25, 0.3) is 5.91 Å². The maximum Gasteiger partial charge on any atom is 0.285 e. The second-order valence-electron chi connectivity index (χ2n) is 5.04. The number of carbonyl (C=O) groups excluding carboxylic acids is 1. The van der Waals surface area contributed by atoms with Gasteiger partial charge in [0.05, 0.1) is 24.7 Å². The van der Waals surface area contributed by atoms with Crippen LogP contribution in [0.5, 0.6) is 5.75 Å². The Balaban J connectivity index is 1.74. The summed E-state index contributed by atoms with van der Waals surface area (Å²) >= 11 is 0. The van der Waals surface area contributed by atoms with Crippen LogP contribution in [0.15, 0.2) is 36.7 Å². The normalized spacial score (nSPS) is 13.8. The molecule has 1 fully saturated rings. The van der Waals surface area contributed by atoms with E-state index in [1.54, 1.807) is 6.20 Å². The van der Waals surface area contributed by atoms with Gasteiger partial charge < -0.3 is 4.74 Å². The number of hydrogen-bond acceptors (Lipinski definition) is 5.